The van der Waals surface area contributed by atoms with Crippen molar-refractivity contribution in [2.75, 3.05) is 19.8 Å². The van der Waals surface area contributed by atoms with Crippen molar-refractivity contribution in [3.05, 3.63) is 0 Å². The number of hydrogen-bond donors (Lipinski definition) is 2. The Morgan fingerprint density at radius 3 is 2.60 bits per heavy atom. The Hall–Kier alpha value is -0.160. The van der Waals surface area contributed by atoms with E-state index in [1.54, 1.807) is 0 Å². The molecule has 0 spiro atoms. The van der Waals surface area contributed by atoms with Crippen molar-refractivity contribution in [1.29, 1.82) is 0 Å². The van der Waals surface area contributed by atoms with Gasteiger partial charge in [-0.15, -0.1) is 0 Å². The number of hydrazine groups is 1. The molecule has 0 bridgehead atoms. The standard InChI is InChI=1S/C11H24N2O2/c1-3-7-14-8-10(13-12)11(15-4-2)9-5-6-9/h9-11,13H,3-8,12H2,1-2H3. The van der Waals surface area contributed by atoms with Crippen molar-refractivity contribution in [3.8, 4) is 0 Å². The van der Waals surface area contributed by atoms with Gasteiger partial charge in [-0.05, 0) is 32.1 Å². The summed E-state index contributed by atoms with van der Waals surface area (Å²) in [7, 11) is 0. The molecule has 2 atom stereocenters. The van der Waals surface area contributed by atoms with Crippen LogP contribution in [-0.2, 0) is 9.47 Å². The van der Waals surface area contributed by atoms with Crippen molar-refractivity contribution >= 4 is 0 Å². The molecule has 0 saturated heterocycles. The Morgan fingerprint density at radius 2 is 2.13 bits per heavy atom. The van der Waals surface area contributed by atoms with E-state index in [0.717, 1.165) is 19.6 Å². The third-order valence-corrected chi connectivity index (χ3v) is 2.70. The SMILES string of the molecule is CCCOCC(NN)C(OCC)C1CC1. The van der Waals surface area contributed by atoms with E-state index in [1.807, 2.05) is 6.92 Å². The highest BCUT2D eigenvalue weighted by molar-refractivity contribution is 4.89. The van der Waals surface area contributed by atoms with Gasteiger partial charge in [0.05, 0.1) is 18.8 Å². The monoisotopic (exact) mass is 216 g/mol. The van der Waals surface area contributed by atoms with E-state index in [2.05, 4.69) is 12.3 Å². The van der Waals surface area contributed by atoms with Gasteiger partial charge in [-0.3, -0.25) is 11.3 Å². The molecule has 4 heteroatoms. The summed E-state index contributed by atoms with van der Waals surface area (Å²) in [5.74, 6) is 6.22. The summed E-state index contributed by atoms with van der Waals surface area (Å²) < 4.78 is 11.2. The van der Waals surface area contributed by atoms with Gasteiger partial charge in [0.15, 0.2) is 0 Å². The molecule has 0 heterocycles. The van der Waals surface area contributed by atoms with Gasteiger partial charge in [-0.25, -0.2) is 0 Å². The van der Waals surface area contributed by atoms with E-state index in [1.165, 1.54) is 12.8 Å². The molecule has 0 aromatic rings. The molecule has 0 aliphatic heterocycles. The maximum Gasteiger partial charge on any atom is 0.0791 e. The van der Waals surface area contributed by atoms with Gasteiger partial charge in [0.1, 0.15) is 0 Å². The van der Waals surface area contributed by atoms with Crippen molar-refractivity contribution in [1.82, 2.24) is 5.43 Å². The molecule has 1 aliphatic rings. The van der Waals surface area contributed by atoms with Crippen molar-refractivity contribution < 1.29 is 9.47 Å². The molecule has 90 valence electrons. The van der Waals surface area contributed by atoms with Crippen molar-refractivity contribution in [2.24, 2.45) is 11.8 Å². The Kier molecular flexibility index (Phi) is 6.17. The Balaban J connectivity index is 2.31. The predicted molar refractivity (Wildman–Crippen MR) is 60.4 cm³/mol. The molecule has 0 radical (unpaired) electrons. The van der Waals surface area contributed by atoms with E-state index in [9.17, 15) is 0 Å². The fourth-order valence-electron chi connectivity index (χ4n) is 1.79. The molecule has 0 aromatic carbocycles. The summed E-state index contributed by atoms with van der Waals surface area (Å²) in [4.78, 5) is 0. The van der Waals surface area contributed by atoms with Crippen LogP contribution in [-0.4, -0.2) is 32.0 Å². The summed E-state index contributed by atoms with van der Waals surface area (Å²) in [6.07, 6.45) is 3.78. The summed E-state index contributed by atoms with van der Waals surface area (Å²) in [5, 5.41) is 0. The molecule has 0 aromatic heterocycles. The second kappa shape index (κ2) is 7.17. The van der Waals surface area contributed by atoms with E-state index < -0.39 is 0 Å². The first-order valence-electron chi connectivity index (χ1n) is 5.98. The minimum Gasteiger partial charge on any atom is -0.380 e. The van der Waals surface area contributed by atoms with E-state index >= 15 is 0 Å². The molecule has 1 rings (SSSR count). The molecule has 2 unspecified atom stereocenters. The largest absolute Gasteiger partial charge is 0.380 e. The Morgan fingerprint density at radius 1 is 1.40 bits per heavy atom. The average molecular weight is 216 g/mol. The first kappa shape index (κ1) is 12.9. The van der Waals surface area contributed by atoms with Crippen LogP contribution in [0.4, 0.5) is 0 Å². The van der Waals surface area contributed by atoms with Crippen molar-refractivity contribution in [2.45, 2.75) is 45.3 Å². The van der Waals surface area contributed by atoms with E-state index in [0.29, 0.717) is 12.5 Å². The van der Waals surface area contributed by atoms with Gasteiger partial charge in [-0.1, -0.05) is 6.92 Å². The van der Waals surface area contributed by atoms with Gasteiger partial charge in [0.2, 0.25) is 0 Å². The average Bonchev–Trinajstić information content (AvgIpc) is 3.06. The van der Waals surface area contributed by atoms with Crippen LogP contribution in [0.15, 0.2) is 0 Å². The van der Waals surface area contributed by atoms with Crippen LogP contribution in [0.25, 0.3) is 0 Å². The van der Waals surface area contributed by atoms with Gasteiger partial charge < -0.3 is 9.47 Å². The van der Waals surface area contributed by atoms with Crippen LogP contribution in [0.2, 0.25) is 0 Å². The Bertz CT molecular complexity index is 163. The maximum atomic E-state index is 5.73. The normalized spacial score (nSPS) is 20.2. The molecule has 3 N–H and O–H groups in total. The maximum absolute atomic E-state index is 5.73. The van der Waals surface area contributed by atoms with Crippen LogP contribution in [0.5, 0.6) is 0 Å². The van der Waals surface area contributed by atoms with E-state index in [-0.39, 0.29) is 12.1 Å². The first-order chi connectivity index (χ1) is 7.33. The summed E-state index contributed by atoms with van der Waals surface area (Å²) in [5.41, 5.74) is 2.82. The van der Waals surface area contributed by atoms with Crippen LogP contribution < -0.4 is 11.3 Å². The topological polar surface area (TPSA) is 56.5 Å². The van der Waals surface area contributed by atoms with E-state index in [4.69, 9.17) is 15.3 Å². The molecule has 1 aliphatic carbocycles. The number of nitrogens with two attached hydrogens (primary N) is 1. The quantitative estimate of drug-likeness (QED) is 0.344. The third-order valence-electron chi connectivity index (χ3n) is 2.70. The number of hydrogen-bond acceptors (Lipinski definition) is 4. The summed E-state index contributed by atoms with van der Waals surface area (Å²) >= 11 is 0. The van der Waals surface area contributed by atoms with Crippen LogP contribution in [0.1, 0.15) is 33.1 Å². The summed E-state index contributed by atoms with van der Waals surface area (Å²) in [6, 6.07) is 0.129. The molecule has 0 amide bonds. The van der Waals surface area contributed by atoms with Gasteiger partial charge in [0, 0.05) is 13.2 Å². The minimum atomic E-state index is 0.129. The second-order valence-corrected chi connectivity index (χ2v) is 4.11. The molecular formula is C11H24N2O2. The van der Waals surface area contributed by atoms with Gasteiger partial charge in [0.25, 0.3) is 0 Å². The Labute approximate surface area is 92.5 Å². The fraction of sp³-hybridized carbons (Fsp3) is 1.00. The predicted octanol–water partition coefficient (Wildman–Crippen LogP) is 1.06. The lowest BCUT2D eigenvalue weighted by molar-refractivity contribution is -0.0113. The van der Waals surface area contributed by atoms with Gasteiger partial charge >= 0.3 is 0 Å². The molecule has 4 nitrogen and oxygen atoms in total. The summed E-state index contributed by atoms with van der Waals surface area (Å²) in [6.45, 7) is 6.31. The zero-order chi connectivity index (χ0) is 11.1. The lowest BCUT2D eigenvalue weighted by Crippen LogP contribution is -2.49. The minimum absolute atomic E-state index is 0.129. The second-order valence-electron chi connectivity index (χ2n) is 4.11. The highest BCUT2D eigenvalue weighted by Crippen LogP contribution is 2.35. The lowest BCUT2D eigenvalue weighted by Gasteiger charge is -2.26. The highest BCUT2D eigenvalue weighted by Gasteiger charge is 2.36. The smallest absolute Gasteiger partial charge is 0.0791 e. The lowest BCUT2D eigenvalue weighted by atomic mass is 10.1. The number of rotatable bonds is 9. The molecule has 1 saturated carbocycles. The highest BCUT2D eigenvalue weighted by atomic mass is 16.5. The number of ether oxygens (including phenoxy) is 2. The van der Waals surface area contributed by atoms with Crippen LogP contribution in [0.3, 0.4) is 0 Å². The van der Waals surface area contributed by atoms with Crippen LogP contribution in [0, 0.1) is 5.92 Å². The zero-order valence-electron chi connectivity index (χ0n) is 9.87. The van der Waals surface area contributed by atoms with Crippen molar-refractivity contribution in [3.63, 3.8) is 0 Å². The van der Waals surface area contributed by atoms with Gasteiger partial charge in [-0.2, -0.15) is 0 Å². The number of nitrogens with one attached hydrogen (secondary N) is 1. The van der Waals surface area contributed by atoms with Crippen LogP contribution >= 0.6 is 0 Å². The fourth-order valence-corrected chi connectivity index (χ4v) is 1.79. The molecular weight excluding hydrogens is 192 g/mol. The molecule has 1 fully saturated rings. The zero-order valence-corrected chi connectivity index (χ0v) is 9.87. The first-order valence-corrected chi connectivity index (χ1v) is 5.98. The third kappa shape index (κ3) is 4.47. The molecule has 15 heavy (non-hydrogen) atoms.